The molecule has 0 saturated heterocycles. The Hall–Kier alpha value is -2.28. The van der Waals surface area contributed by atoms with Crippen LogP contribution in [-0.4, -0.2) is 18.5 Å². The maximum Gasteiger partial charge on any atom is 0.422 e. The number of hydrogen-bond acceptors (Lipinski definition) is 4. The second-order valence-electron chi connectivity index (χ2n) is 2.98. The van der Waals surface area contributed by atoms with E-state index >= 15 is 0 Å². The molecule has 4 nitrogen and oxygen atoms in total. The molecule has 82 valence electrons. The molecule has 0 aromatic heterocycles. The second kappa shape index (κ2) is 5.56. The van der Waals surface area contributed by atoms with Crippen molar-refractivity contribution in [1.82, 2.24) is 0 Å². The van der Waals surface area contributed by atoms with Crippen LogP contribution in [0, 0.1) is 19.3 Å². The van der Waals surface area contributed by atoms with Crippen LogP contribution in [0.3, 0.4) is 0 Å². The molecule has 0 aliphatic heterocycles. The van der Waals surface area contributed by atoms with Gasteiger partial charge in [0.2, 0.25) is 0 Å². The van der Waals surface area contributed by atoms with Crippen molar-refractivity contribution < 1.29 is 19.1 Å². The summed E-state index contributed by atoms with van der Waals surface area (Å²) < 4.78 is 9.15. The summed E-state index contributed by atoms with van der Waals surface area (Å²) in [7, 11) is 0. The highest BCUT2D eigenvalue weighted by Crippen LogP contribution is 2.11. The first-order chi connectivity index (χ1) is 7.63. The van der Waals surface area contributed by atoms with Crippen LogP contribution in [0.4, 0.5) is 0 Å². The Balaban J connectivity index is 2.55. The molecule has 16 heavy (non-hydrogen) atoms. The zero-order chi connectivity index (χ0) is 12.0. The Labute approximate surface area is 93.2 Å². The molecule has 0 N–H and O–H groups in total. The van der Waals surface area contributed by atoms with Gasteiger partial charge in [-0.2, -0.15) is 0 Å². The average Bonchev–Trinajstić information content (AvgIpc) is 2.29. The third-order valence-corrected chi connectivity index (χ3v) is 1.68. The lowest BCUT2D eigenvalue weighted by Gasteiger charge is -2.03. The van der Waals surface area contributed by atoms with Gasteiger partial charge in [0.25, 0.3) is 0 Å². The van der Waals surface area contributed by atoms with Crippen LogP contribution in [-0.2, 0) is 14.3 Å². The third kappa shape index (κ3) is 3.46. The van der Waals surface area contributed by atoms with E-state index in [0.717, 1.165) is 5.56 Å². The minimum atomic E-state index is -1.10. The van der Waals surface area contributed by atoms with Crippen molar-refractivity contribution >= 4 is 11.9 Å². The lowest BCUT2D eigenvalue weighted by Crippen LogP contribution is -2.23. The topological polar surface area (TPSA) is 52.6 Å². The normalized spacial score (nSPS) is 9.00. The second-order valence-corrected chi connectivity index (χ2v) is 2.98. The van der Waals surface area contributed by atoms with Crippen LogP contribution < -0.4 is 4.74 Å². The molecule has 0 fully saturated rings. The third-order valence-electron chi connectivity index (χ3n) is 1.68. The summed E-state index contributed by atoms with van der Waals surface area (Å²) in [6.07, 6.45) is 4.87. The van der Waals surface area contributed by atoms with Crippen LogP contribution in [0.2, 0.25) is 0 Å². The Morgan fingerprint density at radius 3 is 2.44 bits per heavy atom. The fourth-order valence-corrected chi connectivity index (χ4v) is 0.921. The first kappa shape index (κ1) is 11.8. The summed E-state index contributed by atoms with van der Waals surface area (Å²) in [6.45, 7) is 1.65. The van der Waals surface area contributed by atoms with Gasteiger partial charge in [-0.05, 0) is 19.1 Å². The van der Waals surface area contributed by atoms with E-state index in [4.69, 9.17) is 11.2 Å². The molecule has 0 unspecified atom stereocenters. The van der Waals surface area contributed by atoms with Gasteiger partial charge < -0.3 is 9.47 Å². The molecule has 0 atom stereocenters. The summed E-state index contributed by atoms with van der Waals surface area (Å²) in [6, 6.07) is 6.69. The first-order valence-electron chi connectivity index (χ1n) is 4.52. The molecule has 4 heteroatoms. The van der Waals surface area contributed by atoms with Crippen LogP contribution >= 0.6 is 0 Å². The highest BCUT2D eigenvalue weighted by molar-refractivity contribution is 6.30. The highest BCUT2D eigenvalue weighted by atomic mass is 16.6. The molecule has 0 radical (unpaired) electrons. The smallest absolute Gasteiger partial charge is 0.422 e. The van der Waals surface area contributed by atoms with E-state index in [2.05, 4.69) is 10.7 Å². The molecule has 0 spiro atoms. The fraction of sp³-hybridized carbons (Fsp3) is 0.167. The number of rotatable bonds is 2. The molecular weight excluding hydrogens is 208 g/mol. The van der Waals surface area contributed by atoms with E-state index in [9.17, 15) is 9.59 Å². The van der Waals surface area contributed by atoms with Crippen molar-refractivity contribution in [3.63, 3.8) is 0 Å². The Kier molecular flexibility index (Phi) is 4.10. The van der Waals surface area contributed by atoms with Crippen molar-refractivity contribution in [2.24, 2.45) is 0 Å². The first-order valence-corrected chi connectivity index (χ1v) is 4.52. The summed E-state index contributed by atoms with van der Waals surface area (Å²) in [5.41, 5.74) is 1.02. The van der Waals surface area contributed by atoms with Gasteiger partial charge in [-0.3, -0.25) is 0 Å². The predicted octanol–water partition coefficient (Wildman–Crippen LogP) is 1.08. The van der Waals surface area contributed by atoms with Gasteiger partial charge in [0.05, 0.1) is 0 Å². The van der Waals surface area contributed by atoms with E-state index in [0.29, 0.717) is 0 Å². The van der Waals surface area contributed by atoms with Gasteiger partial charge in [0, 0.05) is 0 Å². The highest BCUT2D eigenvalue weighted by Gasteiger charge is 2.17. The minimum Gasteiger partial charge on any atom is -0.444 e. The summed E-state index contributed by atoms with van der Waals surface area (Å²) in [4.78, 5) is 22.1. The van der Waals surface area contributed by atoms with Crippen molar-refractivity contribution in [2.45, 2.75) is 6.92 Å². The number of esters is 2. The average molecular weight is 218 g/mol. The van der Waals surface area contributed by atoms with Gasteiger partial charge in [0.15, 0.2) is 6.61 Å². The fourth-order valence-electron chi connectivity index (χ4n) is 0.921. The van der Waals surface area contributed by atoms with E-state index in [1.54, 1.807) is 24.3 Å². The molecule has 1 aromatic rings. The van der Waals surface area contributed by atoms with Crippen LogP contribution in [0.25, 0.3) is 0 Å². The summed E-state index contributed by atoms with van der Waals surface area (Å²) in [5.74, 6) is 0.177. The Morgan fingerprint density at radius 1 is 1.25 bits per heavy atom. The Morgan fingerprint density at radius 2 is 1.88 bits per heavy atom. The number of carbonyl (C=O) groups excluding carboxylic acids is 2. The maximum absolute atomic E-state index is 11.1. The van der Waals surface area contributed by atoms with E-state index in [1.165, 1.54) is 0 Å². The number of benzene rings is 1. The number of ether oxygens (including phenoxy) is 2. The molecule has 0 amide bonds. The molecule has 0 aliphatic rings. The molecule has 0 heterocycles. The van der Waals surface area contributed by atoms with Gasteiger partial charge in [-0.25, -0.2) is 9.59 Å². The van der Waals surface area contributed by atoms with Gasteiger partial charge >= 0.3 is 11.9 Å². The number of terminal acetylenes is 1. The van der Waals surface area contributed by atoms with Crippen molar-refractivity contribution in [3.8, 4) is 18.1 Å². The zero-order valence-corrected chi connectivity index (χ0v) is 8.73. The molecule has 0 saturated carbocycles. The molecule has 1 aromatic carbocycles. The lowest BCUT2D eigenvalue weighted by atomic mass is 10.2. The van der Waals surface area contributed by atoms with Gasteiger partial charge in [0.1, 0.15) is 5.75 Å². The van der Waals surface area contributed by atoms with E-state index in [-0.39, 0.29) is 12.4 Å². The van der Waals surface area contributed by atoms with Crippen LogP contribution in [0.5, 0.6) is 5.75 Å². The number of hydrogen-bond donors (Lipinski definition) is 0. The Bertz CT molecular complexity index is 425. The summed E-state index contributed by atoms with van der Waals surface area (Å²) in [5, 5.41) is 0. The van der Waals surface area contributed by atoms with Gasteiger partial charge in [-0.15, -0.1) is 6.42 Å². The van der Waals surface area contributed by atoms with Crippen molar-refractivity contribution in [3.05, 3.63) is 29.8 Å². The van der Waals surface area contributed by atoms with Crippen molar-refractivity contribution in [2.75, 3.05) is 6.61 Å². The van der Waals surface area contributed by atoms with Crippen LogP contribution in [0.1, 0.15) is 5.56 Å². The van der Waals surface area contributed by atoms with Gasteiger partial charge in [-0.1, -0.05) is 23.6 Å². The van der Waals surface area contributed by atoms with E-state index in [1.807, 2.05) is 6.92 Å². The van der Waals surface area contributed by atoms with Crippen LogP contribution in [0.15, 0.2) is 24.3 Å². The predicted molar refractivity (Wildman–Crippen MR) is 56.6 cm³/mol. The molecule has 0 aliphatic carbocycles. The molecule has 0 bridgehead atoms. The monoisotopic (exact) mass is 218 g/mol. The quantitative estimate of drug-likeness (QED) is 0.322. The SMILES string of the molecule is C#CCOC(=O)C(=O)Oc1ccc(C)cc1. The molecular formula is C12H10O4. The van der Waals surface area contributed by atoms with Crippen molar-refractivity contribution in [1.29, 1.82) is 0 Å². The molecule has 1 rings (SSSR count). The number of aryl methyl sites for hydroxylation is 1. The zero-order valence-electron chi connectivity index (χ0n) is 8.73. The lowest BCUT2D eigenvalue weighted by molar-refractivity contribution is -0.161. The van der Waals surface area contributed by atoms with E-state index < -0.39 is 11.9 Å². The summed E-state index contributed by atoms with van der Waals surface area (Å²) >= 11 is 0. The largest absolute Gasteiger partial charge is 0.444 e. The minimum absolute atomic E-state index is 0.248. The number of carbonyl (C=O) groups is 2. The maximum atomic E-state index is 11.1. The standard InChI is InChI=1S/C12H10O4/c1-3-8-15-11(13)12(14)16-10-6-4-9(2)5-7-10/h1,4-7H,8H2,2H3.